The smallest absolute Gasteiger partial charge is 0.407 e. The van der Waals surface area contributed by atoms with Crippen LogP contribution in [0.1, 0.15) is 18.9 Å². The van der Waals surface area contributed by atoms with Crippen LogP contribution in [0.3, 0.4) is 0 Å². The summed E-state index contributed by atoms with van der Waals surface area (Å²) >= 11 is 0. The number of carbonyl (C=O) groups is 1. The van der Waals surface area contributed by atoms with Gasteiger partial charge in [-0.3, -0.25) is 4.90 Å². The zero-order valence-corrected chi connectivity index (χ0v) is 10.7. The molecule has 0 aliphatic carbocycles. The van der Waals surface area contributed by atoms with Gasteiger partial charge in [0, 0.05) is 32.2 Å². The van der Waals surface area contributed by atoms with Gasteiger partial charge in [-0.1, -0.05) is 37.3 Å². The second kappa shape index (κ2) is 5.87. The molecular weight excluding hydrogens is 228 g/mol. The van der Waals surface area contributed by atoms with Crippen LogP contribution in [0.25, 0.3) is 0 Å². The Hall–Kier alpha value is -1.55. The molecule has 0 radical (unpaired) electrons. The maximum Gasteiger partial charge on any atom is 0.407 e. The van der Waals surface area contributed by atoms with Gasteiger partial charge >= 0.3 is 6.09 Å². The zero-order valence-electron chi connectivity index (χ0n) is 10.7. The van der Waals surface area contributed by atoms with Gasteiger partial charge in [-0.15, -0.1) is 0 Å². The van der Waals surface area contributed by atoms with Crippen LogP contribution in [-0.4, -0.2) is 46.7 Å². The quantitative estimate of drug-likeness (QED) is 0.892. The SMILES string of the molecule is CCC1CN(Cc2ccccc2)CCN1C(=O)O. The highest BCUT2D eigenvalue weighted by molar-refractivity contribution is 5.65. The van der Waals surface area contributed by atoms with E-state index in [0.717, 1.165) is 26.1 Å². The molecule has 4 heteroatoms. The molecule has 1 saturated heterocycles. The standard InChI is InChI=1S/C14H20N2O2/c1-2-13-11-15(8-9-16(13)14(17)18)10-12-6-4-3-5-7-12/h3-7,13H,2,8-11H2,1H3,(H,17,18). The van der Waals surface area contributed by atoms with Crippen molar-refractivity contribution in [2.75, 3.05) is 19.6 Å². The van der Waals surface area contributed by atoms with Gasteiger partial charge in [0.25, 0.3) is 0 Å². The largest absolute Gasteiger partial charge is 0.465 e. The molecule has 1 fully saturated rings. The summed E-state index contributed by atoms with van der Waals surface area (Å²) in [5.74, 6) is 0. The Balaban J connectivity index is 1.95. The van der Waals surface area contributed by atoms with Crippen LogP contribution < -0.4 is 0 Å². The van der Waals surface area contributed by atoms with E-state index < -0.39 is 6.09 Å². The van der Waals surface area contributed by atoms with E-state index in [9.17, 15) is 4.79 Å². The lowest BCUT2D eigenvalue weighted by Crippen LogP contribution is -2.54. The third-order valence-corrected chi connectivity index (χ3v) is 3.53. The number of rotatable bonds is 3. The predicted octanol–water partition coefficient (Wildman–Crippen LogP) is 2.26. The zero-order chi connectivity index (χ0) is 13.0. The molecule has 2 rings (SSSR count). The summed E-state index contributed by atoms with van der Waals surface area (Å²) in [7, 11) is 0. The second-order valence-corrected chi connectivity index (χ2v) is 4.76. The number of amides is 1. The lowest BCUT2D eigenvalue weighted by atomic mass is 10.1. The molecule has 18 heavy (non-hydrogen) atoms. The van der Waals surface area contributed by atoms with Gasteiger partial charge in [-0.2, -0.15) is 0 Å². The number of hydrogen-bond donors (Lipinski definition) is 1. The number of benzene rings is 1. The van der Waals surface area contributed by atoms with E-state index in [1.807, 2.05) is 25.1 Å². The summed E-state index contributed by atoms with van der Waals surface area (Å²) in [4.78, 5) is 15.0. The van der Waals surface area contributed by atoms with Crippen LogP contribution in [0.5, 0.6) is 0 Å². The van der Waals surface area contributed by atoms with Crippen molar-refractivity contribution >= 4 is 6.09 Å². The van der Waals surface area contributed by atoms with Crippen LogP contribution in [0.2, 0.25) is 0 Å². The van der Waals surface area contributed by atoms with E-state index in [0.29, 0.717) is 6.54 Å². The van der Waals surface area contributed by atoms with Crippen molar-refractivity contribution in [3.63, 3.8) is 0 Å². The fraction of sp³-hybridized carbons (Fsp3) is 0.500. The molecule has 1 N–H and O–H groups in total. The Morgan fingerprint density at radius 3 is 2.67 bits per heavy atom. The summed E-state index contributed by atoms with van der Waals surface area (Å²) in [6.07, 6.45) is 0.0821. The minimum Gasteiger partial charge on any atom is -0.465 e. The van der Waals surface area contributed by atoms with Crippen molar-refractivity contribution in [2.45, 2.75) is 25.9 Å². The summed E-state index contributed by atoms with van der Waals surface area (Å²) in [5, 5.41) is 9.12. The number of nitrogens with zero attached hydrogens (tertiary/aromatic N) is 2. The summed E-state index contributed by atoms with van der Waals surface area (Å²) in [6, 6.07) is 10.5. The Labute approximate surface area is 108 Å². The maximum atomic E-state index is 11.1. The Bertz CT molecular complexity index is 394. The van der Waals surface area contributed by atoms with E-state index in [1.165, 1.54) is 5.56 Å². The maximum absolute atomic E-state index is 11.1. The summed E-state index contributed by atoms with van der Waals surface area (Å²) in [6.45, 7) is 5.22. The average Bonchev–Trinajstić information content (AvgIpc) is 2.39. The predicted molar refractivity (Wildman–Crippen MR) is 70.5 cm³/mol. The lowest BCUT2D eigenvalue weighted by Gasteiger charge is -2.39. The molecule has 0 bridgehead atoms. The van der Waals surface area contributed by atoms with Gasteiger partial charge in [-0.25, -0.2) is 4.79 Å². The minimum atomic E-state index is -0.791. The van der Waals surface area contributed by atoms with Gasteiger partial charge in [-0.05, 0) is 12.0 Å². The molecule has 0 saturated carbocycles. The van der Waals surface area contributed by atoms with Gasteiger partial charge < -0.3 is 10.0 Å². The van der Waals surface area contributed by atoms with Gasteiger partial charge in [0.2, 0.25) is 0 Å². The molecule has 0 aromatic heterocycles. The highest BCUT2D eigenvalue weighted by Gasteiger charge is 2.28. The fourth-order valence-electron chi connectivity index (χ4n) is 2.51. The molecule has 1 aromatic carbocycles. The molecule has 1 atom stereocenters. The van der Waals surface area contributed by atoms with Crippen molar-refractivity contribution in [3.05, 3.63) is 35.9 Å². The van der Waals surface area contributed by atoms with Crippen LogP contribution in [0.15, 0.2) is 30.3 Å². The van der Waals surface area contributed by atoms with E-state index in [4.69, 9.17) is 5.11 Å². The van der Waals surface area contributed by atoms with E-state index in [1.54, 1.807) is 4.90 Å². The lowest BCUT2D eigenvalue weighted by molar-refractivity contribution is 0.0630. The van der Waals surface area contributed by atoms with Crippen molar-refractivity contribution in [1.29, 1.82) is 0 Å². The molecule has 1 unspecified atom stereocenters. The van der Waals surface area contributed by atoms with E-state index in [-0.39, 0.29) is 6.04 Å². The normalized spacial score (nSPS) is 20.9. The van der Waals surface area contributed by atoms with Crippen molar-refractivity contribution in [2.24, 2.45) is 0 Å². The molecule has 1 aliphatic rings. The summed E-state index contributed by atoms with van der Waals surface area (Å²) in [5.41, 5.74) is 1.29. The third-order valence-electron chi connectivity index (χ3n) is 3.53. The van der Waals surface area contributed by atoms with Crippen LogP contribution in [0.4, 0.5) is 4.79 Å². The monoisotopic (exact) mass is 248 g/mol. The van der Waals surface area contributed by atoms with Gasteiger partial charge in [0.05, 0.1) is 0 Å². The minimum absolute atomic E-state index is 0.125. The topological polar surface area (TPSA) is 43.8 Å². The van der Waals surface area contributed by atoms with Crippen LogP contribution in [-0.2, 0) is 6.54 Å². The first-order chi connectivity index (χ1) is 8.70. The molecule has 1 aliphatic heterocycles. The van der Waals surface area contributed by atoms with Gasteiger partial charge in [0.1, 0.15) is 0 Å². The number of hydrogen-bond acceptors (Lipinski definition) is 2. The number of piperazine rings is 1. The molecular formula is C14H20N2O2. The highest BCUT2D eigenvalue weighted by Crippen LogP contribution is 2.15. The fourth-order valence-corrected chi connectivity index (χ4v) is 2.51. The molecule has 0 spiro atoms. The first-order valence-corrected chi connectivity index (χ1v) is 6.46. The second-order valence-electron chi connectivity index (χ2n) is 4.76. The summed E-state index contributed by atoms with van der Waals surface area (Å²) < 4.78 is 0. The van der Waals surface area contributed by atoms with Crippen molar-refractivity contribution in [1.82, 2.24) is 9.80 Å². The third kappa shape index (κ3) is 3.01. The van der Waals surface area contributed by atoms with Crippen molar-refractivity contribution in [3.8, 4) is 0 Å². The molecule has 98 valence electrons. The Morgan fingerprint density at radius 1 is 1.33 bits per heavy atom. The van der Waals surface area contributed by atoms with Crippen LogP contribution in [0, 0.1) is 0 Å². The Morgan fingerprint density at radius 2 is 2.06 bits per heavy atom. The molecule has 1 heterocycles. The highest BCUT2D eigenvalue weighted by atomic mass is 16.4. The Kier molecular flexibility index (Phi) is 4.20. The molecule has 1 amide bonds. The van der Waals surface area contributed by atoms with Crippen LogP contribution >= 0.6 is 0 Å². The first kappa shape index (κ1) is 12.9. The molecule has 1 aromatic rings. The average molecular weight is 248 g/mol. The number of carboxylic acid groups (broad SMARTS) is 1. The molecule has 4 nitrogen and oxygen atoms in total. The van der Waals surface area contributed by atoms with Gasteiger partial charge in [0.15, 0.2) is 0 Å². The first-order valence-electron chi connectivity index (χ1n) is 6.46. The van der Waals surface area contributed by atoms with E-state index in [2.05, 4.69) is 17.0 Å². The van der Waals surface area contributed by atoms with E-state index >= 15 is 0 Å². The van der Waals surface area contributed by atoms with Crippen molar-refractivity contribution < 1.29 is 9.90 Å².